The number of carbonyl (C=O) groups is 2. The van der Waals surface area contributed by atoms with E-state index in [1.54, 1.807) is 52.3 Å². The van der Waals surface area contributed by atoms with Crippen LogP contribution in [0.5, 0.6) is 0 Å². The maximum absolute atomic E-state index is 13.2. The third-order valence-electron chi connectivity index (χ3n) is 7.47. The number of hydrogen-bond acceptors (Lipinski definition) is 13. The van der Waals surface area contributed by atoms with Gasteiger partial charge in [-0.2, -0.15) is 10.00 Å². The predicted octanol–water partition coefficient (Wildman–Crippen LogP) is 4.52. The van der Waals surface area contributed by atoms with Crippen LogP contribution in [0.25, 0.3) is 17.0 Å². The molecule has 2 saturated heterocycles. The molecule has 0 spiro atoms. The van der Waals surface area contributed by atoms with Crippen LogP contribution in [-0.4, -0.2) is 103 Å². The van der Waals surface area contributed by atoms with Crippen molar-refractivity contribution in [3.8, 4) is 11.4 Å². The Bertz CT molecular complexity index is 1710. The molecule has 1 aromatic carbocycles. The van der Waals surface area contributed by atoms with Gasteiger partial charge in [-0.05, 0) is 65.8 Å². The molecule has 15 heteroatoms. The summed E-state index contributed by atoms with van der Waals surface area (Å²) in [6, 6.07) is 8.74. The first-order valence-corrected chi connectivity index (χ1v) is 15.6. The van der Waals surface area contributed by atoms with Gasteiger partial charge in [-0.25, -0.2) is 29.1 Å². The first-order chi connectivity index (χ1) is 22.3. The topological polar surface area (TPSA) is 152 Å². The summed E-state index contributed by atoms with van der Waals surface area (Å²) < 4.78 is 17.9. The van der Waals surface area contributed by atoms with Crippen LogP contribution in [0.1, 0.15) is 41.5 Å². The molecule has 0 radical (unpaired) electrons. The number of ether oxygens (including phenoxy) is 3. The van der Waals surface area contributed by atoms with Crippen molar-refractivity contribution in [2.45, 2.75) is 58.8 Å². The lowest BCUT2D eigenvalue weighted by Crippen LogP contribution is -2.56. The lowest BCUT2D eigenvalue weighted by molar-refractivity contribution is -0.0660. The van der Waals surface area contributed by atoms with Gasteiger partial charge < -0.3 is 24.4 Å². The second-order valence-corrected chi connectivity index (χ2v) is 13.4. The van der Waals surface area contributed by atoms with Crippen molar-refractivity contribution in [1.29, 1.82) is 0 Å². The molecule has 3 aromatic heterocycles. The van der Waals surface area contributed by atoms with Crippen molar-refractivity contribution in [2.24, 2.45) is 0 Å². The van der Waals surface area contributed by atoms with Crippen molar-refractivity contribution in [1.82, 2.24) is 34.4 Å². The molecule has 6 rings (SSSR count). The van der Waals surface area contributed by atoms with Gasteiger partial charge in [-0.3, -0.25) is 9.88 Å². The average Bonchev–Trinajstić information content (AvgIpc) is 3.45. The van der Waals surface area contributed by atoms with E-state index in [0.29, 0.717) is 23.2 Å². The van der Waals surface area contributed by atoms with E-state index in [2.05, 4.69) is 47.3 Å². The number of rotatable bonds is 6. The van der Waals surface area contributed by atoms with Gasteiger partial charge in [0, 0.05) is 37.6 Å². The van der Waals surface area contributed by atoms with Crippen LogP contribution in [0.2, 0.25) is 0 Å². The number of anilines is 4. The summed E-state index contributed by atoms with van der Waals surface area (Å²) in [6.07, 6.45) is 3.95. The number of nitrogens with one attached hydrogen (secondary N) is 1. The largest absolute Gasteiger partial charge is 0.443 e. The number of hydrogen-bond donors (Lipinski definition) is 1. The number of piperazine rings is 1. The maximum Gasteiger partial charge on any atom is 0.425 e. The minimum Gasteiger partial charge on any atom is -0.443 e. The summed E-state index contributed by atoms with van der Waals surface area (Å²) in [7, 11) is 0. The van der Waals surface area contributed by atoms with Crippen molar-refractivity contribution in [3.63, 3.8) is 0 Å². The van der Waals surface area contributed by atoms with Crippen LogP contribution in [0, 0.1) is 0 Å². The Morgan fingerprint density at radius 3 is 2.15 bits per heavy atom. The molecule has 2 amide bonds. The first kappa shape index (κ1) is 32.1. The summed E-state index contributed by atoms with van der Waals surface area (Å²) in [5.41, 5.74) is 1.38. The summed E-state index contributed by atoms with van der Waals surface area (Å²) in [6.45, 7) is 15.9. The van der Waals surface area contributed by atoms with Gasteiger partial charge in [0.2, 0.25) is 0 Å². The zero-order chi connectivity index (χ0) is 33.3. The fourth-order valence-corrected chi connectivity index (χ4v) is 5.17. The number of amides is 2. The molecule has 47 heavy (non-hydrogen) atoms. The van der Waals surface area contributed by atoms with Crippen LogP contribution < -0.4 is 15.1 Å². The minimum absolute atomic E-state index is 0.0848. The van der Waals surface area contributed by atoms with Crippen LogP contribution in [0.3, 0.4) is 0 Å². The highest BCUT2D eigenvalue weighted by Crippen LogP contribution is 2.27. The van der Waals surface area contributed by atoms with Crippen molar-refractivity contribution in [2.75, 3.05) is 54.5 Å². The lowest BCUT2D eigenvalue weighted by atomic mass is 10.1. The molecule has 2 fully saturated rings. The minimum atomic E-state index is -0.946. The van der Waals surface area contributed by atoms with Crippen LogP contribution in [0.15, 0.2) is 49.2 Å². The molecule has 0 atom stereocenters. The predicted molar refractivity (Wildman–Crippen MR) is 175 cm³/mol. The molecule has 4 aromatic rings. The highest BCUT2D eigenvalue weighted by atomic mass is 16.6. The van der Waals surface area contributed by atoms with Gasteiger partial charge in [0.1, 0.15) is 28.9 Å². The number of aromatic nitrogens is 6. The van der Waals surface area contributed by atoms with E-state index in [9.17, 15) is 9.59 Å². The highest BCUT2D eigenvalue weighted by molar-refractivity contribution is 6.08. The maximum atomic E-state index is 13.2. The van der Waals surface area contributed by atoms with Gasteiger partial charge >= 0.3 is 12.2 Å². The Balaban J connectivity index is 1.24. The van der Waals surface area contributed by atoms with Gasteiger partial charge in [-0.1, -0.05) is 0 Å². The zero-order valence-electron chi connectivity index (χ0n) is 27.5. The molecule has 2 aliphatic heterocycles. The van der Waals surface area contributed by atoms with Crippen LogP contribution >= 0.6 is 0 Å². The molecule has 0 bridgehead atoms. The zero-order valence-corrected chi connectivity index (χ0v) is 27.5. The molecule has 1 N–H and O–H groups in total. The Morgan fingerprint density at radius 1 is 0.894 bits per heavy atom. The molecule has 0 saturated carbocycles. The molecular weight excluding hydrogens is 604 g/mol. The SMILES string of the molecule is CC(C)(C)OC(=O)N(C(=O)OC(C)(C)C)c1cncc(-c2cn3ncnc3c(Nc3ccc(N4CCN(C5COC5)CC4)cc3)n2)n1. The van der Waals surface area contributed by atoms with E-state index in [0.717, 1.165) is 55.7 Å². The standard InChI is InChI=1S/C32H40N10O5/c1-31(2,3)46-29(43)42(30(44)47-32(4,5)6)26-16-33-15-24(37-26)25-17-41-28(34-20-35-41)27(38-25)36-21-7-9-22(10-8-21)39-11-13-40(14-12-39)23-18-45-19-23/h7-10,15-17,20,23H,11-14,18-19H2,1-6H3,(H,36,38). The highest BCUT2D eigenvalue weighted by Gasteiger charge is 2.34. The summed E-state index contributed by atoms with van der Waals surface area (Å²) in [5, 5.41) is 7.66. The second-order valence-electron chi connectivity index (χ2n) is 13.4. The molecule has 5 heterocycles. The van der Waals surface area contributed by atoms with Gasteiger partial charge in [0.25, 0.3) is 0 Å². The Labute approximate surface area is 272 Å². The fourth-order valence-electron chi connectivity index (χ4n) is 5.17. The molecule has 2 aliphatic rings. The smallest absolute Gasteiger partial charge is 0.425 e. The van der Waals surface area contributed by atoms with Crippen molar-refractivity contribution < 1.29 is 23.8 Å². The molecule has 0 aliphatic carbocycles. The van der Waals surface area contributed by atoms with E-state index >= 15 is 0 Å². The lowest BCUT2D eigenvalue weighted by Gasteiger charge is -2.43. The summed E-state index contributed by atoms with van der Waals surface area (Å²) in [4.78, 5) is 50.0. The second kappa shape index (κ2) is 12.7. The average molecular weight is 645 g/mol. The quantitative estimate of drug-likeness (QED) is 0.313. The fraction of sp³-hybridized carbons (Fsp3) is 0.469. The Morgan fingerprint density at radius 2 is 1.55 bits per heavy atom. The summed E-state index contributed by atoms with van der Waals surface area (Å²) in [5.74, 6) is 0.353. The van der Waals surface area contributed by atoms with Crippen LogP contribution in [0.4, 0.5) is 32.6 Å². The third kappa shape index (κ3) is 7.58. The van der Waals surface area contributed by atoms with E-state index in [-0.39, 0.29) is 11.5 Å². The van der Waals surface area contributed by atoms with Crippen LogP contribution in [-0.2, 0) is 14.2 Å². The summed E-state index contributed by atoms with van der Waals surface area (Å²) >= 11 is 0. The van der Waals surface area contributed by atoms with E-state index in [4.69, 9.17) is 19.2 Å². The number of nitrogens with zero attached hydrogens (tertiary/aromatic N) is 9. The van der Waals surface area contributed by atoms with E-state index < -0.39 is 23.4 Å². The molecule has 15 nitrogen and oxygen atoms in total. The first-order valence-electron chi connectivity index (χ1n) is 15.6. The Hall–Kier alpha value is -4.89. The van der Waals surface area contributed by atoms with Gasteiger partial charge in [-0.15, -0.1) is 0 Å². The number of fused-ring (bicyclic) bond motifs is 1. The van der Waals surface area contributed by atoms with Gasteiger partial charge in [0.05, 0.1) is 37.8 Å². The molecular formula is C32H40N10O5. The number of imide groups is 1. The van der Waals surface area contributed by atoms with E-state index in [1.165, 1.54) is 18.7 Å². The third-order valence-corrected chi connectivity index (χ3v) is 7.47. The van der Waals surface area contributed by atoms with Crippen molar-refractivity contribution >= 4 is 40.8 Å². The van der Waals surface area contributed by atoms with Crippen molar-refractivity contribution in [3.05, 3.63) is 49.2 Å². The number of benzene rings is 1. The monoisotopic (exact) mass is 644 g/mol. The number of carbonyl (C=O) groups excluding carboxylic acids is 2. The van der Waals surface area contributed by atoms with Gasteiger partial charge in [0.15, 0.2) is 17.3 Å². The Kier molecular flexibility index (Phi) is 8.68. The van der Waals surface area contributed by atoms with E-state index in [1.807, 2.05) is 12.1 Å². The molecule has 248 valence electrons. The molecule has 0 unspecified atom stereocenters. The normalized spacial score (nSPS) is 16.1.